The third kappa shape index (κ3) is 7.77. The summed E-state index contributed by atoms with van der Waals surface area (Å²) in [5.74, 6) is -4.98. The van der Waals surface area contributed by atoms with Gasteiger partial charge in [-0.05, 0) is 50.0 Å². The molecule has 1 aliphatic heterocycles. The van der Waals surface area contributed by atoms with Crippen LogP contribution in [0.4, 0.5) is 23.0 Å². The van der Waals surface area contributed by atoms with Gasteiger partial charge in [0.2, 0.25) is 5.88 Å². The summed E-state index contributed by atoms with van der Waals surface area (Å²) in [5, 5.41) is 15.2. The minimum Gasteiger partial charge on any atom is -0.471 e. The van der Waals surface area contributed by atoms with Gasteiger partial charge in [0.05, 0.1) is 11.7 Å². The highest BCUT2D eigenvalue weighted by atomic mass is 32.1. The van der Waals surface area contributed by atoms with Crippen molar-refractivity contribution in [2.75, 3.05) is 51.6 Å². The van der Waals surface area contributed by atoms with Crippen molar-refractivity contribution in [3.63, 3.8) is 0 Å². The van der Waals surface area contributed by atoms with Gasteiger partial charge >= 0.3 is 6.03 Å². The number of aliphatic hydroxyl groups is 1. The zero-order valence-corrected chi connectivity index (χ0v) is 21.5. The number of rotatable bonds is 11. The van der Waals surface area contributed by atoms with Crippen molar-refractivity contribution in [1.29, 1.82) is 0 Å². The van der Waals surface area contributed by atoms with Crippen LogP contribution in [0.2, 0.25) is 0 Å². The van der Waals surface area contributed by atoms with E-state index in [4.69, 9.17) is 10.5 Å². The average molecular weight is 545 g/mol. The topological polar surface area (TPSA) is 133 Å². The van der Waals surface area contributed by atoms with E-state index >= 15 is 0 Å². The number of nitrogens with zero attached hydrogens (tertiary/aromatic N) is 3. The second-order valence-corrected chi connectivity index (χ2v) is 9.66. The summed E-state index contributed by atoms with van der Waals surface area (Å²) in [5.41, 5.74) is 4.21. The molecule has 204 valence electrons. The van der Waals surface area contributed by atoms with Crippen molar-refractivity contribution in [3.05, 3.63) is 40.2 Å². The highest BCUT2D eigenvalue weighted by Crippen LogP contribution is 2.31. The first-order valence-corrected chi connectivity index (χ1v) is 12.5. The molecule has 3 amide bonds. The van der Waals surface area contributed by atoms with Gasteiger partial charge in [-0.3, -0.25) is 10.1 Å². The number of hydrogen-bond acceptors (Lipinski definition) is 8. The monoisotopic (exact) mass is 544 g/mol. The molecule has 1 aromatic carbocycles. The first-order chi connectivity index (χ1) is 17.6. The summed E-state index contributed by atoms with van der Waals surface area (Å²) in [6, 6.07) is 0.162. The number of nitrogens with two attached hydrogens (primary N) is 1. The normalized spacial score (nSPS) is 15.4. The molecule has 1 aliphatic rings. The second kappa shape index (κ2) is 13.0. The molecule has 0 saturated carbocycles. The van der Waals surface area contributed by atoms with Crippen LogP contribution in [0.5, 0.6) is 5.88 Å². The van der Waals surface area contributed by atoms with Gasteiger partial charge in [0.25, 0.3) is 5.91 Å². The Morgan fingerprint density at radius 1 is 1.22 bits per heavy atom. The summed E-state index contributed by atoms with van der Waals surface area (Å²) in [6.07, 6.45) is 0.336. The SMILES string of the molecule is Cc1cc(F)c(COc2nsc(NC(=O)NCCC(O)CCN3CCN(C)CC3)c2C(N)=O)c(F)c1F. The number of anilines is 1. The first-order valence-electron chi connectivity index (χ1n) is 11.8. The third-order valence-corrected chi connectivity index (χ3v) is 6.81. The first kappa shape index (κ1) is 28.6. The molecule has 14 heteroatoms. The van der Waals surface area contributed by atoms with E-state index < -0.39 is 47.7 Å². The summed E-state index contributed by atoms with van der Waals surface area (Å²) < 4.78 is 51.1. The van der Waals surface area contributed by atoms with Gasteiger partial charge in [0, 0.05) is 39.3 Å². The molecule has 1 aromatic heterocycles. The number of aromatic nitrogens is 1. The summed E-state index contributed by atoms with van der Waals surface area (Å²) >= 11 is 0.678. The number of primary amides is 1. The number of aliphatic hydroxyl groups excluding tert-OH is 1. The number of carbonyl (C=O) groups excluding carboxylic acids is 2. The minimum absolute atomic E-state index is 0.0355. The number of halogens is 3. The van der Waals surface area contributed by atoms with Crippen LogP contribution in [0.25, 0.3) is 0 Å². The number of amides is 3. The average Bonchev–Trinajstić information content (AvgIpc) is 3.24. The predicted molar refractivity (Wildman–Crippen MR) is 132 cm³/mol. The number of carbonyl (C=O) groups is 2. The molecular formula is C23H31F3N6O4S. The van der Waals surface area contributed by atoms with Crippen LogP contribution >= 0.6 is 11.5 Å². The van der Waals surface area contributed by atoms with Crippen molar-refractivity contribution in [1.82, 2.24) is 19.5 Å². The largest absolute Gasteiger partial charge is 0.471 e. The van der Waals surface area contributed by atoms with Crippen molar-refractivity contribution in [3.8, 4) is 5.88 Å². The van der Waals surface area contributed by atoms with Gasteiger partial charge < -0.3 is 30.7 Å². The molecule has 1 saturated heterocycles. The van der Waals surface area contributed by atoms with Crippen LogP contribution in [0.3, 0.4) is 0 Å². The Labute approximate surface area is 216 Å². The highest BCUT2D eigenvalue weighted by Gasteiger charge is 2.24. The number of hydrogen-bond donors (Lipinski definition) is 4. The Morgan fingerprint density at radius 2 is 1.92 bits per heavy atom. The Kier molecular flexibility index (Phi) is 10.1. The molecule has 2 aromatic rings. The molecule has 3 rings (SSSR count). The molecule has 0 bridgehead atoms. The number of piperazine rings is 1. The number of ether oxygens (including phenoxy) is 1. The van der Waals surface area contributed by atoms with Crippen LogP contribution < -0.4 is 21.1 Å². The number of likely N-dealkylation sites (N-methyl/N-ethyl adjacent to an activating group) is 1. The fourth-order valence-corrected chi connectivity index (χ4v) is 4.48. The van der Waals surface area contributed by atoms with Gasteiger partial charge in [-0.15, -0.1) is 0 Å². The highest BCUT2D eigenvalue weighted by molar-refractivity contribution is 7.11. The zero-order chi connectivity index (χ0) is 27.1. The molecule has 37 heavy (non-hydrogen) atoms. The molecule has 5 N–H and O–H groups in total. The van der Waals surface area contributed by atoms with Crippen molar-refractivity contribution in [2.45, 2.75) is 32.5 Å². The van der Waals surface area contributed by atoms with E-state index in [2.05, 4.69) is 31.9 Å². The van der Waals surface area contributed by atoms with Gasteiger partial charge in [-0.25, -0.2) is 18.0 Å². The van der Waals surface area contributed by atoms with E-state index in [0.717, 1.165) is 38.8 Å². The van der Waals surface area contributed by atoms with E-state index in [-0.39, 0.29) is 28.6 Å². The molecule has 0 radical (unpaired) electrons. The lowest BCUT2D eigenvalue weighted by atomic mass is 10.1. The van der Waals surface area contributed by atoms with Gasteiger partial charge in [0.1, 0.15) is 23.0 Å². The minimum atomic E-state index is -1.41. The molecule has 10 nitrogen and oxygen atoms in total. The number of benzene rings is 1. The standard InChI is InChI=1S/C23H31F3N6O4S/c1-13-11-16(24)15(19(26)18(13)25)12-36-21-17(20(27)34)22(37-30-21)29-23(35)28-5-3-14(33)4-6-32-9-7-31(2)8-10-32/h11,14,33H,3-10,12H2,1-2H3,(H2,27,34)(H2,28,29,35). The molecule has 2 heterocycles. The quantitative estimate of drug-likeness (QED) is 0.318. The fraction of sp³-hybridized carbons (Fsp3) is 0.522. The Balaban J connectivity index is 1.49. The van der Waals surface area contributed by atoms with Crippen molar-refractivity contribution >= 4 is 28.5 Å². The van der Waals surface area contributed by atoms with Crippen LogP contribution in [-0.4, -0.2) is 83.6 Å². The van der Waals surface area contributed by atoms with E-state index in [1.54, 1.807) is 0 Å². The molecule has 0 spiro atoms. The van der Waals surface area contributed by atoms with E-state index in [0.29, 0.717) is 24.4 Å². The molecule has 0 aliphatic carbocycles. The zero-order valence-electron chi connectivity index (χ0n) is 20.7. The van der Waals surface area contributed by atoms with Crippen LogP contribution in [0.15, 0.2) is 6.07 Å². The lowest BCUT2D eigenvalue weighted by molar-refractivity contribution is 0.0996. The molecule has 1 unspecified atom stereocenters. The Morgan fingerprint density at radius 3 is 2.59 bits per heavy atom. The predicted octanol–water partition coefficient (Wildman–Crippen LogP) is 2.06. The van der Waals surface area contributed by atoms with E-state index in [9.17, 15) is 27.9 Å². The number of nitrogens with one attached hydrogen (secondary N) is 2. The number of urea groups is 1. The van der Waals surface area contributed by atoms with Crippen LogP contribution in [0, 0.1) is 24.4 Å². The Bertz CT molecular complexity index is 1110. The number of aryl methyl sites for hydroxylation is 1. The maximum Gasteiger partial charge on any atom is 0.319 e. The Hall–Kier alpha value is -2.94. The lowest BCUT2D eigenvalue weighted by Crippen LogP contribution is -2.45. The van der Waals surface area contributed by atoms with Crippen molar-refractivity contribution < 1.29 is 32.6 Å². The smallest absolute Gasteiger partial charge is 0.319 e. The lowest BCUT2D eigenvalue weighted by Gasteiger charge is -2.32. The molecule has 1 fully saturated rings. The maximum absolute atomic E-state index is 14.1. The van der Waals surface area contributed by atoms with Crippen LogP contribution in [-0.2, 0) is 6.61 Å². The van der Waals surface area contributed by atoms with Gasteiger partial charge in [0.15, 0.2) is 11.6 Å². The summed E-state index contributed by atoms with van der Waals surface area (Å²) in [6.45, 7) is 5.32. The van der Waals surface area contributed by atoms with Gasteiger partial charge in [-0.1, -0.05) is 0 Å². The maximum atomic E-state index is 14.1. The summed E-state index contributed by atoms with van der Waals surface area (Å²) in [7, 11) is 2.07. The van der Waals surface area contributed by atoms with Crippen molar-refractivity contribution in [2.24, 2.45) is 5.73 Å². The van der Waals surface area contributed by atoms with Gasteiger partial charge in [-0.2, -0.15) is 4.37 Å². The molecule has 1 atom stereocenters. The third-order valence-electron chi connectivity index (χ3n) is 6.06. The second-order valence-electron chi connectivity index (χ2n) is 8.88. The molecular weight excluding hydrogens is 513 g/mol. The van der Waals surface area contributed by atoms with E-state index in [1.807, 2.05) is 0 Å². The van der Waals surface area contributed by atoms with Crippen LogP contribution in [0.1, 0.15) is 34.3 Å². The summed E-state index contributed by atoms with van der Waals surface area (Å²) in [4.78, 5) is 28.8. The fourth-order valence-electron chi connectivity index (χ4n) is 3.75. The van der Waals surface area contributed by atoms with E-state index in [1.165, 1.54) is 6.92 Å².